The van der Waals surface area contributed by atoms with Gasteiger partial charge in [-0.15, -0.1) is 0 Å². The van der Waals surface area contributed by atoms with Crippen molar-refractivity contribution in [3.63, 3.8) is 0 Å². The predicted molar refractivity (Wildman–Crippen MR) is 56.8 cm³/mol. The summed E-state index contributed by atoms with van der Waals surface area (Å²) in [6.45, 7) is 2.99. The molecule has 0 saturated heterocycles. The van der Waals surface area contributed by atoms with Crippen molar-refractivity contribution in [1.82, 2.24) is 0 Å². The summed E-state index contributed by atoms with van der Waals surface area (Å²) in [5, 5.41) is 8.91. The Bertz CT molecular complexity index is 424. The van der Waals surface area contributed by atoms with Crippen LogP contribution in [0.2, 0.25) is 0 Å². The fourth-order valence-electron chi connectivity index (χ4n) is 1.71. The zero-order valence-corrected chi connectivity index (χ0v) is 9.51. The van der Waals surface area contributed by atoms with Gasteiger partial charge in [0, 0.05) is 0 Å². The molecule has 0 amide bonds. The molecule has 0 heterocycles. The normalized spacial score (nSPS) is 13.5. The first-order valence-corrected chi connectivity index (χ1v) is 5.18. The molecule has 1 rings (SSSR count). The lowest BCUT2D eigenvalue weighted by atomic mass is 9.93. The molecular formula is C12H13F3O2. The van der Waals surface area contributed by atoms with E-state index in [2.05, 4.69) is 0 Å². The van der Waals surface area contributed by atoms with Crippen LogP contribution < -0.4 is 0 Å². The lowest BCUT2D eigenvalue weighted by Gasteiger charge is -2.15. The average molecular weight is 246 g/mol. The van der Waals surface area contributed by atoms with E-state index in [-0.39, 0.29) is 17.5 Å². The van der Waals surface area contributed by atoms with E-state index >= 15 is 0 Å². The topological polar surface area (TPSA) is 37.3 Å². The summed E-state index contributed by atoms with van der Waals surface area (Å²) >= 11 is 0. The van der Waals surface area contributed by atoms with E-state index in [0.717, 1.165) is 6.07 Å². The Hall–Kier alpha value is -1.52. The maximum atomic E-state index is 12.6. The van der Waals surface area contributed by atoms with Crippen LogP contribution in [0.5, 0.6) is 0 Å². The fourth-order valence-corrected chi connectivity index (χ4v) is 1.71. The van der Waals surface area contributed by atoms with Crippen molar-refractivity contribution < 1.29 is 23.1 Å². The second-order valence-corrected chi connectivity index (χ2v) is 3.87. The number of rotatable bonds is 3. The maximum Gasteiger partial charge on any atom is 0.416 e. The van der Waals surface area contributed by atoms with Gasteiger partial charge in [-0.05, 0) is 30.5 Å². The van der Waals surface area contributed by atoms with E-state index < -0.39 is 23.6 Å². The van der Waals surface area contributed by atoms with E-state index in [1.165, 1.54) is 19.1 Å². The van der Waals surface area contributed by atoms with Crippen LogP contribution >= 0.6 is 0 Å². The molecule has 0 aliphatic rings. The van der Waals surface area contributed by atoms with Crippen molar-refractivity contribution in [2.75, 3.05) is 0 Å². The molecule has 0 aliphatic carbocycles. The molecule has 94 valence electrons. The van der Waals surface area contributed by atoms with Gasteiger partial charge in [0.05, 0.1) is 11.5 Å². The number of alkyl halides is 3. The minimum Gasteiger partial charge on any atom is -0.481 e. The molecule has 1 N–H and O–H groups in total. The van der Waals surface area contributed by atoms with E-state index in [0.29, 0.717) is 0 Å². The summed E-state index contributed by atoms with van der Waals surface area (Å²) in [6.07, 6.45) is -4.19. The standard InChI is InChI=1S/C12H13F3O2/c1-3-9(11(16)17)8-5-4-7(2)10(6-8)12(13,14)15/h4-6,9H,3H2,1-2H3,(H,16,17). The van der Waals surface area contributed by atoms with Crippen LogP contribution in [0.1, 0.15) is 36.0 Å². The van der Waals surface area contributed by atoms with Crippen LogP contribution in [0, 0.1) is 6.92 Å². The largest absolute Gasteiger partial charge is 0.481 e. The minimum absolute atomic E-state index is 0.0986. The monoisotopic (exact) mass is 246 g/mol. The van der Waals surface area contributed by atoms with Crippen LogP contribution in [-0.4, -0.2) is 11.1 Å². The molecule has 2 nitrogen and oxygen atoms in total. The predicted octanol–water partition coefficient (Wildman–Crippen LogP) is 3.59. The molecule has 0 bridgehead atoms. The summed E-state index contributed by atoms with van der Waals surface area (Å²) in [5.41, 5.74) is -0.478. The molecule has 1 aromatic carbocycles. The quantitative estimate of drug-likeness (QED) is 0.884. The molecule has 0 aliphatic heterocycles. The lowest BCUT2D eigenvalue weighted by Crippen LogP contribution is -2.13. The molecule has 1 unspecified atom stereocenters. The molecule has 0 saturated carbocycles. The van der Waals surface area contributed by atoms with Crippen molar-refractivity contribution in [3.8, 4) is 0 Å². The van der Waals surface area contributed by atoms with Crippen LogP contribution in [0.4, 0.5) is 13.2 Å². The van der Waals surface area contributed by atoms with Gasteiger partial charge >= 0.3 is 12.1 Å². The van der Waals surface area contributed by atoms with Crippen molar-refractivity contribution in [2.45, 2.75) is 32.4 Å². The molecule has 5 heteroatoms. The van der Waals surface area contributed by atoms with Crippen LogP contribution in [0.15, 0.2) is 18.2 Å². The summed E-state index contributed by atoms with van der Waals surface area (Å²) in [5.74, 6) is -2.00. The smallest absolute Gasteiger partial charge is 0.416 e. The van der Waals surface area contributed by atoms with Crippen LogP contribution in [-0.2, 0) is 11.0 Å². The first kappa shape index (κ1) is 13.5. The number of carbonyl (C=O) groups is 1. The van der Waals surface area contributed by atoms with E-state index in [1.807, 2.05) is 0 Å². The van der Waals surface area contributed by atoms with Gasteiger partial charge in [-0.1, -0.05) is 19.1 Å². The maximum absolute atomic E-state index is 12.6. The Morgan fingerprint density at radius 2 is 2.00 bits per heavy atom. The second kappa shape index (κ2) is 4.77. The summed E-state index contributed by atoms with van der Waals surface area (Å²) in [7, 11) is 0. The number of hydrogen-bond acceptors (Lipinski definition) is 1. The number of aryl methyl sites for hydroxylation is 1. The third-order valence-corrected chi connectivity index (χ3v) is 2.68. The summed E-state index contributed by atoms with van der Waals surface area (Å²) in [4.78, 5) is 10.9. The third-order valence-electron chi connectivity index (χ3n) is 2.68. The van der Waals surface area contributed by atoms with E-state index in [4.69, 9.17) is 5.11 Å². The van der Waals surface area contributed by atoms with Crippen molar-refractivity contribution in [2.24, 2.45) is 0 Å². The highest BCUT2D eigenvalue weighted by molar-refractivity contribution is 5.76. The van der Waals surface area contributed by atoms with Gasteiger partial charge in [0.2, 0.25) is 0 Å². The van der Waals surface area contributed by atoms with E-state index in [1.54, 1.807) is 6.92 Å². The van der Waals surface area contributed by atoms with Crippen molar-refractivity contribution in [3.05, 3.63) is 34.9 Å². The Morgan fingerprint density at radius 3 is 2.41 bits per heavy atom. The highest BCUT2D eigenvalue weighted by atomic mass is 19.4. The van der Waals surface area contributed by atoms with Crippen LogP contribution in [0.25, 0.3) is 0 Å². The Morgan fingerprint density at radius 1 is 1.41 bits per heavy atom. The summed E-state index contributed by atoms with van der Waals surface area (Å²) in [6, 6.07) is 3.67. The van der Waals surface area contributed by atoms with Crippen molar-refractivity contribution in [1.29, 1.82) is 0 Å². The second-order valence-electron chi connectivity index (χ2n) is 3.87. The Kier molecular flexibility index (Phi) is 3.80. The third kappa shape index (κ3) is 2.99. The molecule has 0 spiro atoms. The first-order valence-electron chi connectivity index (χ1n) is 5.18. The minimum atomic E-state index is -4.45. The van der Waals surface area contributed by atoms with Gasteiger partial charge in [-0.2, -0.15) is 13.2 Å². The molecule has 0 aromatic heterocycles. The fraction of sp³-hybridized carbons (Fsp3) is 0.417. The van der Waals surface area contributed by atoms with Gasteiger partial charge in [0.25, 0.3) is 0 Å². The van der Waals surface area contributed by atoms with Gasteiger partial charge < -0.3 is 5.11 Å². The molecule has 0 radical (unpaired) electrons. The van der Waals surface area contributed by atoms with Gasteiger partial charge in [0.15, 0.2) is 0 Å². The lowest BCUT2D eigenvalue weighted by molar-refractivity contribution is -0.140. The first-order chi connectivity index (χ1) is 7.77. The highest BCUT2D eigenvalue weighted by Crippen LogP contribution is 2.34. The van der Waals surface area contributed by atoms with Gasteiger partial charge in [-0.25, -0.2) is 0 Å². The summed E-state index contributed by atoms with van der Waals surface area (Å²) < 4.78 is 37.9. The zero-order valence-electron chi connectivity index (χ0n) is 9.51. The van der Waals surface area contributed by atoms with Crippen molar-refractivity contribution >= 4 is 5.97 Å². The number of carboxylic acid groups (broad SMARTS) is 1. The highest BCUT2D eigenvalue weighted by Gasteiger charge is 2.33. The number of halogens is 3. The zero-order chi connectivity index (χ0) is 13.2. The van der Waals surface area contributed by atoms with Gasteiger partial charge in [0.1, 0.15) is 0 Å². The molecular weight excluding hydrogens is 233 g/mol. The van der Waals surface area contributed by atoms with Gasteiger partial charge in [-0.3, -0.25) is 4.79 Å². The Labute approximate surface area is 97.1 Å². The van der Waals surface area contributed by atoms with Crippen LogP contribution in [0.3, 0.4) is 0 Å². The molecule has 1 atom stereocenters. The number of aliphatic carboxylic acids is 1. The Balaban J connectivity index is 3.25. The molecule has 0 fully saturated rings. The van der Waals surface area contributed by atoms with E-state index in [9.17, 15) is 18.0 Å². The molecule has 1 aromatic rings. The number of benzene rings is 1. The number of hydrogen-bond donors (Lipinski definition) is 1. The molecule has 17 heavy (non-hydrogen) atoms. The average Bonchev–Trinajstić information content (AvgIpc) is 2.19. The number of carboxylic acids is 1. The SMILES string of the molecule is CCC(C(=O)O)c1ccc(C)c(C(F)(F)F)c1.